The number of amides is 1. The van der Waals surface area contributed by atoms with Crippen LogP contribution < -0.4 is 10.1 Å². The van der Waals surface area contributed by atoms with Crippen LogP contribution in [0.1, 0.15) is 32.7 Å². The Morgan fingerprint density at radius 1 is 1.06 bits per heavy atom. The van der Waals surface area contributed by atoms with E-state index >= 15 is 0 Å². The summed E-state index contributed by atoms with van der Waals surface area (Å²) >= 11 is 2.01. The second-order valence-corrected chi connectivity index (χ2v) is 10.1. The molecule has 2 aromatic carbocycles. The summed E-state index contributed by atoms with van der Waals surface area (Å²) in [5.41, 5.74) is 6.54. The predicted molar refractivity (Wildman–Crippen MR) is 142 cm³/mol. The molecule has 1 N–H and O–H groups in total. The van der Waals surface area contributed by atoms with E-state index < -0.39 is 0 Å². The second kappa shape index (κ2) is 10.5. The van der Waals surface area contributed by atoms with Crippen LogP contribution in [0.2, 0.25) is 0 Å². The molecule has 0 bridgehead atoms. The molecule has 7 heteroatoms. The van der Waals surface area contributed by atoms with Crippen molar-refractivity contribution in [1.29, 1.82) is 0 Å². The van der Waals surface area contributed by atoms with Crippen LogP contribution in [0, 0.1) is 13.8 Å². The molecule has 1 aliphatic rings. The molecule has 35 heavy (non-hydrogen) atoms. The van der Waals surface area contributed by atoms with Gasteiger partial charge in [0.2, 0.25) is 0 Å². The Labute approximate surface area is 210 Å². The van der Waals surface area contributed by atoms with Crippen molar-refractivity contribution in [2.45, 2.75) is 27.0 Å². The van der Waals surface area contributed by atoms with Gasteiger partial charge < -0.3 is 14.5 Å². The Morgan fingerprint density at radius 3 is 2.71 bits per heavy atom. The second-order valence-electron chi connectivity index (χ2n) is 8.87. The highest BCUT2D eigenvalue weighted by Gasteiger charge is 2.17. The third-order valence-electron chi connectivity index (χ3n) is 6.43. The Kier molecular flexibility index (Phi) is 7.06. The molecule has 180 valence electrons. The number of benzene rings is 2. The lowest BCUT2D eigenvalue weighted by molar-refractivity contribution is 0.102. The number of anilines is 1. The number of ether oxygens (including phenoxy) is 1. The molecular weight excluding hydrogens is 456 g/mol. The van der Waals surface area contributed by atoms with Crippen molar-refractivity contribution in [1.82, 2.24) is 14.3 Å². The number of rotatable bonds is 7. The van der Waals surface area contributed by atoms with Gasteiger partial charge in [-0.1, -0.05) is 30.3 Å². The SMILES string of the molecule is Cc1c(CN2CCSCC2)cccc1NC(=O)c1ccccc1OCc1cn2cccc(C)c2n1. The minimum absolute atomic E-state index is 0.180. The number of carbonyl (C=O) groups is 1. The van der Waals surface area contributed by atoms with E-state index in [0.717, 1.165) is 47.8 Å². The van der Waals surface area contributed by atoms with Crippen molar-refractivity contribution in [3.63, 3.8) is 0 Å². The van der Waals surface area contributed by atoms with Crippen molar-refractivity contribution in [2.75, 3.05) is 29.9 Å². The average molecular weight is 487 g/mol. The van der Waals surface area contributed by atoms with Gasteiger partial charge in [-0.25, -0.2) is 4.98 Å². The molecule has 6 nitrogen and oxygen atoms in total. The van der Waals surface area contributed by atoms with E-state index in [9.17, 15) is 4.79 Å². The fourth-order valence-corrected chi connectivity index (χ4v) is 5.36. The van der Waals surface area contributed by atoms with Gasteiger partial charge in [-0.3, -0.25) is 9.69 Å². The smallest absolute Gasteiger partial charge is 0.259 e. The maximum absolute atomic E-state index is 13.3. The number of aromatic nitrogens is 2. The Balaban J connectivity index is 1.29. The quantitative estimate of drug-likeness (QED) is 0.383. The van der Waals surface area contributed by atoms with Gasteiger partial charge in [0.1, 0.15) is 18.0 Å². The fourth-order valence-electron chi connectivity index (χ4n) is 4.39. The Hall–Kier alpha value is -3.29. The highest BCUT2D eigenvalue weighted by atomic mass is 32.2. The molecule has 0 radical (unpaired) electrons. The number of nitrogens with zero attached hydrogens (tertiary/aromatic N) is 3. The van der Waals surface area contributed by atoms with E-state index in [1.165, 1.54) is 17.1 Å². The highest BCUT2D eigenvalue weighted by Crippen LogP contribution is 2.25. The van der Waals surface area contributed by atoms with Crippen molar-refractivity contribution < 1.29 is 9.53 Å². The van der Waals surface area contributed by atoms with Gasteiger partial charge in [0, 0.05) is 49.2 Å². The number of carbonyl (C=O) groups excluding carboxylic acids is 1. The lowest BCUT2D eigenvalue weighted by Crippen LogP contribution is -2.32. The fraction of sp³-hybridized carbons (Fsp3) is 0.286. The molecule has 0 unspecified atom stereocenters. The molecule has 0 atom stereocenters. The largest absolute Gasteiger partial charge is 0.486 e. The summed E-state index contributed by atoms with van der Waals surface area (Å²) < 4.78 is 8.05. The molecule has 1 aliphatic heterocycles. The standard InChI is InChI=1S/C28H30N4O2S/c1-20-7-6-12-32-18-23(29-27(20)32)19-34-26-11-4-3-9-24(26)28(33)30-25-10-5-8-22(21(25)2)17-31-13-15-35-16-14-31/h3-12,18H,13-17,19H2,1-2H3,(H,30,33). The van der Waals surface area contributed by atoms with Gasteiger partial charge in [0.05, 0.1) is 11.3 Å². The van der Waals surface area contributed by atoms with E-state index in [1.54, 1.807) is 6.07 Å². The Bertz CT molecular complexity index is 1340. The molecule has 1 fully saturated rings. The lowest BCUT2D eigenvalue weighted by Gasteiger charge is -2.27. The van der Waals surface area contributed by atoms with Gasteiger partial charge in [0.15, 0.2) is 0 Å². The van der Waals surface area contributed by atoms with Crippen molar-refractivity contribution in [3.8, 4) is 5.75 Å². The third kappa shape index (κ3) is 5.36. The number of aryl methyl sites for hydroxylation is 1. The lowest BCUT2D eigenvalue weighted by atomic mass is 10.1. The number of pyridine rings is 1. The molecule has 1 amide bonds. The van der Waals surface area contributed by atoms with Crippen LogP contribution >= 0.6 is 11.8 Å². The summed E-state index contributed by atoms with van der Waals surface area (Å²) in [6.07, 6.45) is 3.93. The van der Waals surface area contributed by atoms with Crippen LogP contribution in [0.25, 0.3) is 5.65 Å². The van der Waals surface area contributed by atoms with Crippen molar-refractivity contribution >= 4 is 29.0 Å². The molecule has 3 heterocycles. The first-order valence-electron chi connectivity index (χ1n) is 11.9. The molecule has 1 saturated heterocycles. The van der Waals surface area contributed by atoms with Crippen LogP contribution in [-0.4, -0.2) is 44.8 Å². The molecule has 4 aromatic rings. The topological polar surface area (TPSA) is 58.9 Å². The van der Waals surface area contributed by atoms with E-state index in [-0.39, 0.29) is 12.5 Å². The number of imidazole rings is 1. The molecular formula is C28H30N4O2S. The number of fused-ring (bicyclic) bond motifs is 1. The molecule has 0 aliphatic carbocycles. The average Bonchev–Trinajstić information content (AvgIpc) is 3.31. The maximum Gasteiger partial charge on any atom is 0.259 e. The van der Waals surface area contributed by atoms with E-state index in [0.29, 0.717) is 11.3 Å². The summed E-state index contributed by atoms with van der Waals surface area (Å²) in [5.74, 6) is 2.72. The molecule has 0 spiro atoms. The predicted octanol–water partition coefficient (Wildman–Crippen LogP) is 5.33. The van der Waals surface area contributed by atoms with E-state index in [1.807, 2.05) is 77.9 Å². The summed E-state index contributed by atoms with van der Waals surface area (Å²) in [7, 11) is 0. The zero-order valence-electron chi connectivity index (χ0n) is 20.2. The van der Waals surface area contributed by atoms with E-state index in [2.05, 4.69) is 28.2 Å². The van der Waals surface area contributed by atoms with Gasteiger partial charge in [-0.2, -0.15) is 11.8 Å². The summed E-state index contributed by atoms with van der Waals surface area (Å²) in [4.78, 5) is 20.4. The minimum atomic E-state index is -0.180. The van der Waals surface area contributed by atoms with Crippen molar-refractivity contribution in [2.24, 2.45) is 0 Å². The number of hydrogen-bond acceptors (Lipinski definition) is 5. The first-order chi connectivity index (χ1) is 17.1. The highest BCUT2D eigenvalue weighted by molar-refractivity contribution is 7.99. The van der Waals surface area contributed by atoms with Gasteiger partial charge in [0.25, 0.3) is 5.91 Å². The summed E-state index contributed by atoms with van der Waals surface area (Å²) in [5, 5.41) is 3.11. The molecule has 2 aromatic heterocycles. The van der Waals surface area contributed by atoms with E-state index in [4.69, 9.17) is 4.74 Å². The number of hydrogen-bond donors (Lipinski definition) is 1. The van der Waals surface area contributed by atoms with Crippen molar-refractivity contribution in [3.05, 3.63) is 94.9 Å². The monoisotopic (exact) mass is 486 g/mol. The first kappa shape index (κ1) is 23.5. The maximum atomic E-state index is 13.3. The van der Waals surface area contributed by atoms with Crippen LogP contribution in [0.3, 0.4) is 0 Å². The Morgan fingerprint density at radius 2 is 1.89 bits per heavy atom. The normalized spacial score (nSPS) is 14.2. The zero-order valence-corrected chi connectivity index (χ0v) is 21.0. The van der Waals surface area contributed by atoms with Gasteiger partial charge in [-0.15, -0.1) is 0 Å². The summed E-state index contributed by atoms with van der Waals surface area (Å²) in [6.45, 7) is 7.53. The molecule has 5 rings (SSSR count). The number of para-hydroxylation sites is 1. The third-order valence-corrected chi connectivity index (χ3v) is 7.37. The summed E-state index contributed by atoms with van der Waals surface area (Å²) in [6, 6.07) is 17.5. The van der Waals surface area contributed by atoms with Gasteiger partial charge in [-0.05, 0) is 54.8 Å². The first-order valence-corrected chi connectivity index (χ1v) is 13.1. The number of thioether (sulfide) groups is 1. The van der Waals surface area contributed by atoms with Crippen LogP contribution in [0.5, 0.6) is 5.75 Å². The van der Waals surface area contributed by atoms with Crippen LogP contribution in [-0.2, 0) is 13.2 Å². The molecule has 0 saturated carbocycles. The minimum Gasteiger partial charge on any atom is -0.486 e. The van der Waals surface area contributed by atoms with Crippen LogP contribution in [0.15, 0.2) is 67.0 Å². The van der Waals surface area contributed by atoms with Crippen LogP contribution in [0.4, 0.5) is 5.69 Å². The zero-order chi connectivity index (χ0) is 24.2. The van der Waals surface area contributed by atoms with Gasteiger partial charge >= 0.3 is 0 Å². The number of nitrogens with one attached hydrogen (secondary N) is 1.